The fourth-order valence-corrected chi connectivity index (χ4v) is 6.45. The number of rotatable bonds is 19. The molecule has 3 saturated heterocycles. The number of ether oxygens (including phenoxy) is 6. The van der Waals surface area contributed by atoms with E-state index in [0.29, 0.717) is 12.8 Å². The molecule has 3 rings (SSSR count). The topological polar surface area (TPSA) is 258 Å². The molecule has 0 saturated carbocycles. The molecule has 16 heteroatoms. The van der Waals surface area contributed by atoms with Crippen molar-refractivity contribution in [3.05, 3.63) is 47.6 Å². The Kier molecular flexibility index (Phi) is 18.8. The summed E-state index contributed by atoms with van der Waals surface area (Å²) in [5.41, 5.74) is 2.33. The molecule has 0 radical (unpaired) electrons. The molecule has 16 unspecified atom stereocenters. The van der Waals surface area contributed by atoms with Crippen molar-refractivity contribution in [1.82, 2.24) is 0 Å². The lowest BCUT2D eigenvalue weighted by atomic mass is 9.95. The highest BCUT2D eigenvalue weighted by atomic mass is 16.7. The average Bonchev–Trinajstić information content (AvgIpc) is 3.14. The minimum Gasteiger partial charge on any atom is -0.394 e. The van der Waals surface area contributed by atoms with Crippen LogP contribution in [-0.4, -0.2) is 169 Å². The van der Waals surface area contributed by atoms with E-state index in [4.69, 9.17) is 28.4 Å². The van der Waals surface area contributed by atoms with Gasteiger partial charge in [0, 0.05) is 0 Å². The third-order valence-corrected chi connectivity index (χ3v) is 10.3. The van der Waals surface area contributed by atoms with E-state index in [0.717, 1.165) is 31.3 Å². The lowest BCUT2D eigenvalue weighted by Crippen LogP contribution is -2.64. The van der Waals surface area contributed by atoms with E-state index in [2.05, 4.69) is 25.7 Å². The van der Waals surface area contributed by atoms with Crippen molar-refractivity contribution in [2.75, 3.05) is 19.8 Å². The van der Waals surface area contributed by atoms with Crippen molar-refractivity contribution >= 4 is 0 Å². The Morgan fingerprint density at radius 2 is 1.15 bits per heavy atom. The fraction of sp³-hybridized carbons (Fsp3) is 0.789. The van der Waals surface area contributed by atoms with Crippen molar-refractivity contribution in [3.63, 3.8) is 0 Å². The molecule has 0 amide bonds. The molecule has 3 fully saturated rings. The van der Waals surface area contributed by atoms with E-state index in [-0.39, 0.29) is 6.61 Å². The van der Waals surface area contributed by atoms with Gasteiger partial charge in [0.25, 0.3) is 0 Å². The zero-order valence-electron chi connectivity index (χ0n) is 32.0. The van der Waals surface area contributed by atoms with Crippen molar-refractivity contribution in [2.45, 2.75) is 171 Å². The number of hydrogen-bond acceptors (Lipinski definition) is 16. The van der Waals surface area contributed by atoms with E-state index in [1.165, 1.54) is 18.1 Å². The zero-order chi connectivity index (χ0) is 40.3. The van der Waals surface area contributed by atoms with E-state index in [1.807, 2.05) is 19.9 Å². The molecule has 0 spiro atoms. The molecular formula is C38H64O16. The van der Waals surface area contributed by atoms with Crippen LogP contribution in [0, 0.1) is 0 Å². The lowest BCUT2D eigenvalue weighted by Gasteiger charge is -2.47. The molecule has 3 aliphatic rings. The third-order valence-electron chi connectivity index (χ3n) is 10.3. The van der Waals surface area contributed by atoms with Crippen LogP contribution in [0.2, 0.25) is 0 Å². The molecule has 3 heterocycles. The van der Waals surface area contributed by atoms with E-state index >= 15 is 0 Å². The van der Waals surface area contributed by atoms with E-state index in [9.17, 15) is 51.1 Å². The zero-order valence-corrected chi connectivity index (χ0v) is 32.0. The van der Waals surface area contributed by atoms with Crippen LogP contribution in [0.5, 0.6) is 0 Å². The first kappa shape index (κ1) is 46.7. The van der Waals surface area contributed by atoms with E-state index in [1.54, 1.807) is 13.0 Å². The predicted molar refractivity (Wildman–Crippen MR) is 193 cm³/mol. The number of allylic oxidation sites excluding steroid dienone is 5. The molecule has 0 aromatic rings. The summed E-state index contributed by atoms with van der Waals surface area (Å²) in [6.07, 6.45) is -8.31. The number of aliphatic hydroxyl groups is 10. The summed E-state index contributed by atoms with van der Waals surface area (Å²) in [7, 11) is 0. The normalized spacial score (nSPS) is 39.7. The summed E-state index contributed by atoms with van der Waals surface area (Å²) in [5, 5.41) is 102. The van der Waals surface area contributed by atoms with Crippen molar-refractivity contribution in [1.29, 1.82) is 0 Å². The minimum absolute atomic E-state index is 0.154. The van der Waals surface area contributed by atoms with Crippen LogP contribution in [0.4, 0.5) is 0 Å². The summed E-state index contributed by atoms with van der Waals surface area (Å²) in [6, 6.07) is 0. The van der Waals surface area contributed by atoms with Gasteiger partial charge in [-0.25, -0.2) is 0 Å². The van der Waals surface area contributed by atoms with Crippen LogP contribution >= 0.6 is 0 Å². The highest BCUT2D eigenvalue weighted by Gasteiger charge is 2.51. The van der Waals surface area contributed by atoms with Gasteiger partial charge in [-0.1, -0.05) is 41.0 Å². The Morgan fingerprint density at radius 1 is 0.630 bits per heavy atom. The Balaban J connectivity index is 1.42. The van der Waals surface area contributed by atoms with Crippen LogP contribution in [0.25, 0.3) is 0 Å². The molecule has 0 bridgehead atoms. The van der Waals surface area contributed by atoms with Crippen LogP contribution < -0.4 is 0 Å². The van der Waals surface area contributed by atoms with Gasteiger partial charge in [0.1, 0.15) is 67.1 Å². The average molecular weight is 777 g/mol. The van der Waals surface area contributed by atoms with Gasteiger partial charge in [-0.3, -0.25) is 0 Å². The van der Waals surface area contributed by atoms with Gasteiger partial charge in [0.15, 0.2) is 18.9 Å². The first-order chi connectivity index (χ1) is 25.5. The number of aliphatic hydroxyl groups excluding tert-OH is 10. The SMILES string of the molecule is C=CC(C)(CC/C=C(\C)CC/C=C(\C)CC/C=C(\C)COC1OC(CO)C(O)C(O)C1O)OC1OC(CO)C(OC2OC(C)C(O)C(O)C2O)C(O)C1O. The molecule has 54 heavy (non-hydrogen) atoms. The van der Waals surface area contributed by atoms with Gasteiger partial charge in [-0.2, -0.15) is 0 Å². The molecule has 10 N–H and O–H groups in total. The fourth-order valence-electron chi connectivity index (χ4n) is 6.45. The maximum absolute atomic E-state index is 11.0. The molecule has 3 aliphatic heterocycles. The minimum atomic E-state index is -1.66. The number of hydrogen-bond donors (Lipinski definition) is 10. The Hall–Kier alpha value is -1.68. The Bertz CT molecular complexity index is 1240. The largest absolute Gasteiger partial charge is 0.394 e. The standard InChI is InChI=1S/C38H64O16/c1-7-38(6,54-37-33(48)30(45)34(25(18-40)52-37)53-36-32(47)28(43)26(41)23(5)50-36)16-10-15-21(3)12-8-11-20(2)13-9-14-22(4)19-49-35-31(46)29(44)27(42)24(17-39)51-35/h7,11,14-15,23-37,39-48H,1,8-10,12-13,16-19H2,2-6H3/b20-11+,21-15+,22-14+. The van der Waals surface area contributed by atoms with Gasteiger partial charge >= 0.3 is 0 Å². The smallest absolute Gasteiger partial charge is 0.187 e. The summed E-state index contributed by atoms with van der Waals surface area (Å²) < 4.78 is 34.0. The summed E-state index contributed by atoms with van der Waals surface area (Å²) >= 11 is 0. The second-order valence-corrected chi connectivity index (χ2v) is 14.9. The summed E-state index contributed by atoms with van der Waals surface area (Å²) in [4.78, 5) is 0. The van der Waals surface area contributed by atoms with Gasteiger partial charge in [-0.15, -0.1) is 6.58 Å². The first-order valence-corrected chi connectivity index (χ1v) is 18.6. The second-order valence-electron chi connectivity index (χ2n) is 14.9. The van der Waals surface area contributed by atoms with Crippen LogP contribution in [-0.2, 0) is 28.4 Å². The quantitative estimate of drug-likeness (QED) is 0.0749. The lowest BCUT2D eigenvalue weighted by molar-refractivity contribution is -0.363. The molecular weight excluding hydrogens is 712 g/mol. The second kappa shape index (κ2) is 21.7. The highest BCUT2D eigenvalue weighted by Crippen LogP contribution is 2.33. The summed E-state index contributed by atoms with van der Waals surface area (Å²) in [6.45, 7) is 12.1. The third kappa shape index (κ3) is 12.7. The van der Waals surface area contributed by atoms with Gasteiger partial charge in [0.2, 0.25) is 0 Å². The molecule has 0 aliphatic carbocycles. The van der Waals surface area contributed by atoms with Gasteiger partial charge < -0.3 is 79.5 Å². The Labute approximate surface area is 317 Å². The maximum Gasteiger partial charge on any atom is 0.187 e. The maximum atomic E-state index is 11.0. The van der Waals surface area contributed by atoms with Gasteiger partial charge in [0.05, 0.1) is 31.5 Å². The van der Waals surface area contributed by atoms with Gasteiger partial charge in [-0.05, 0) is 73.1 Å². The molecule has 0 aromatic heterocycles. The molecule has 312 valence electrons. The summed E-state index contributed by atoms with van der Waals surface area (Å²) in [5.74, 6) is 0. The van der Waals surface area contributed by atoms with Crippen molar-refractivity contribution in [3.8, 4) is 0 Å². The van der Waals surface area contributed by atoms with Crippen molar-refractivity contribution < 1.29 is 79.5 Å². The predicted octanol–water partition coefficient (Wildman–Crippen LogP) is -0.405. The van der Waals surface area contributed by atoms with Crippen LogP contribution in [0.3, 0.4) is 0 Å². The Morgan fingerprint density at radius 3 is 1.74 bits per heavy atom. The molecule has 16 atom stereocenters. The van der Waals surface area contributed by atoms with E-state index < -0.39 is 111 Å². The first-order valence-electron chi connectivity index (χ1n) is 18.6. The molecule has 16 nitrogen and oxygen atoms in total. The van der Waals surface area contributed by atoms with Crippen LogP contribution in [0.1, 0.15) is 73.1 Å². The highest BCUT2D eigenvalue weighted by molar-refractivity contribution is 5.07. The monoisotopic (exact) mass is 776 g/mol. The van der Waals surface area contributed by atoms with Crippen molar-refractivity contribution in [2.24, 2.45) is 0 Å². The molecule has 0 aromatic carbocycles. The van der Waals surface area contributed by atoms with Crippen LogP contribution in [0.15, 0.2) is 47.6 Å².